The molecular weight excluding hydrogens is 264 g/mol. The topological polar surface area (TPSA) is 75.0 Å². The second-order valence-electron chi connectivity index (χ2n) is 5.00. The Balaban J connectivity index is 2.25. The Morgan fingerprint density at radius 1 is 1.42 bits per heavy atom. The normalized spacial score (nSPS) is 16.5. The molecule has 5 nitrogen and oxygen atoms in total. The minimum Gasteiger partial charge on any atom is -0.352 e. The second kappa shape index (κ2) is 6.91. The van der Waals surface area contributed by atoms with E-state index in [9.17, 15) is 4.79 Å². The summed E-state index contributed by atoms with van der Waals surface area (Å²) in [7, 11) is 0. The molecule has 106 valence electrons. The van der Waals surface area contributed by atoms with Crippen molar-refractivity contribution in [2.24, 2.45) is 5.73 Å². The first-order valence-electron chi connectivity index (χ1n) is 6.94. The molecule has 1 heterocycles. The lowest BCUT2D eigenvalue weighted by Crippen LogP contribution is -2.39. The Labute approximate surface area is 118 Å². The molecule has 0 saturated heterocycles. The summed E-state index contributed by atoms with van der Waals surface area (Å²) < 4.78 is 0. The minimum absolute atomic E-state index is 0.185. The summed E-state index contributed by atoms with van der Waals surface area (Å²) in [4.78, 5) is 20.6. The van der Waals surface area contributed by atoms with Gasteiger partial charge in [0.1, 0.15) is 5.02 Å². The Bertz CT molecular complexity index is 456. The first-order chi connectivity index (χ1) is 9.24. The van der Waals surface area contributed by atoms with Gasteiger partial charge in [-0.25, -0.2) is 4.98 Å². The fourth-order valence-electron chi connectivity index (χ4n) is 2.69. The summed E-state index contributed by atoms with van der Waals surface area (Å²) >= 11 is 6.11. The molecule has 0 atom stereocenters. The predicted molar refractivity (Wildman–Crippen MR) is 77.8 cm³/mol. The van der Waals surface area contributed by atoms with Crippen LogP contribution in [0.5, 0.6) is 0 Å². The van der Waals surface area contributed by atoms with E-state index in [0.29, 0.717) is 18.4 Å². The molecule has 19 heavy (non-hydrogen) atoms. The smallest absolute Gasteiger partial charge is 0.271 e. The van der Waals surface area contributed by atoms with Crippen molar-refractivity contribution in [1.29, 1.82) is 0 Å². The molecule has 0 unspecified atom stereocenters. The lowest BCUT2D eigenvalue weighted by molar-refractivity contribution is 0.411. The van der Waals surface area contributed by atoms with Gasteiger partial charge in [-0.05, 0) is 25.8 Å². The summed E-state index contributed by atoms with van der Waals surface area (Å²) in [6.07, 6.45) is 8.31. The van der Waals surface area contributed by atoms with Crippen LogP contribution in [0.15, 0.2) is 11.1 Å². The molecule has 1 aromatic heterocycles. The van der Waals surface area contributed by atoms with Gasteiger partial charge in [-0.2, -0.15) is 0 Å². The number of nitrogens with two attached hydrogens (primary N) is 1. The van der Waals surface area contributed by atoms with E-state index in [1.807, 2.05) is 0 Å². The standard InChI is InChI=1S/C13H21ClN4O/c14-11-12(16-9-17-13(11)19)18(8-4-7-15)10-5-2-1-3-6-10/h9-10H,1-8,15H2,(H,16,17,19). The molecule has 1 aliphatic carbocycles. The van der Waals surface area contributed by atoms with E-state index < -0.39 is 0 Å². The van der Waals surface area contributed by atoms with Gasteiger partial charge < -0.3 is 15.6 Å². The number of H-pyrrole nitrogens is 1. The maximum Gasteiger partial charge on any atom is 0.271 e. The van der Waals surface area contributed by atoms with Crippen LogP contribution in [0.25, 0.3) is 0 Å². The number of halogens is 1. The Morgan fingerprint density at radius 2 is 2.16 bits per heavy atom. The molecule has 1 fully saturated rings. The highest BCUT2D eigenvalue weighted by Gasteiger charge is 2.24. The van der Waals surface area contributed by atoms with Crippen LogP contribution in [0, 0.1) is 0 Å². The molecule has 0 aromatic carbocycles. The Kier molecular flexibility index (Phi) is 5.22. The van der Waals surface area contributed by atoms with E-state index in [2.05, 4.69) is 14.9 Å². The van der Waals surface area contributed by atoms with E-state index in [4.69, 9.17) is 17.3 Å². The number of hydrogen-bond donors (Lipinski definition) is 2. The first-order valence-corrected chi connectivity index (χ1v) is 7.31. The Hall–Kier alpha value is -1.07. The molecule has 1 saturated carbocycles. The lowest BCUT2D eigenvalue weighted by atomic mass is 9.94. The molecule has 0 amide bonds. The highest BCUT2D eigenvalue weighted by molar-refractivity contribution is 6.32. The number of rotatable bonds is 5. The van der Waals surface area contributed by atoms with Gasteiger partial charge in [-0.15, -0.1) is 0 Å². The zero-order chi connectivity index (χ0) is 13.7. The van der Waals surface area contributed by atoms with Gasteiger partial charge >= 0.3 is 0 Å². The third kappa shape index (κ3) is 3.48. The van der Waals surface area contributed by atoms with Crippen LogP contribution in [0.2, 0.25) is 5.02 Å². The number of hydrogen-bond acceptors (Lipinski definition) is 4. The van der Waals surface area contributed by atoms with Crippen LogP contribution in [-0.2, 0) is 0 Å². The van der Waals surface area contributed by atoms with E-state index in [0.717, 1.165) is 25.8 Å². The third-order valence-electron chi connectivity index (χ3n) is 3.67. The van der Waals surface area contributed by atoms with Crippen molar-refractivity contribution in [3.8, 4) is 0 Å². The number of anilines is 1. The molecule has 0 bridgehead atoms. The van der Waals surface area contributed by atoms with Crippen LogP contribution >= 0.6 is 11.6 Å². The molecule has 2 rings (SSSR count). The first kappa shape index (κ1) is 14.3. The number of nitrogens with zero attached hydrogens (tertiary/aromatic N) is 2. The van der Waals surface area contributed by atoms with Crippen molar-refractivity contribution in [2.75, 3.05) is 18.0 Å². The Morgan fingerprint density at radius 3 is 2.84 bits per heavy atom. The monoisotopic (exact) mass is 284 g/mol. The largest absolute Gasteiger partial charge is 0.352 e. The average Bonchev–Trinajstić information content (AvgIpc) is 2.45. The zero-order valence-corrected chi connectivity index (χ0v) is 11.8. The van der Waals surface area contributed by atoms with Crippen molar-refractivity contribution in [3.05, 3.63) is 21.7 Å². The summed E-state index contributed by atoms with van der Waals surface area (Å²) in [5.41, 5.74) is 5.33. The minimum atomic E-state index is -0.278. The molecule has 0 radical (unpaired) electrons. The summed E-state index contributed by atoms with van der Waals surface area (Å²) in [6, 6.07) is 0.423. The molecule has 0 aliphatic heterocycles. The third-order valence-corrected chi connectivity index (χ3v) is 4.01. The van der Waals surface area contributed by atoms with E-state index >= 15 is 0 Å². The van der Waals surface area contributed by atoms with E-state index in [1.165, 1.54) is 25.6 Å². The fourth-order valence-corrected chi connectivity index (χ4v) is 2.90. The van der Waals surface area contributed by atoms with Crippen LogP contribution in [0.1, 0.15) is 38.5 Å². The average molecular weight is 285 g/mol. The number of nitrogens with one attached hydrogen (secondary N) is 1. The van der Waals surface area contributed by atoms with Crippen molar-refractivity contribution in [3.63, 3.8) is 0 Å². The highest BCUT2D eigenvalue weighted by atomic mass is 35.5. The maximum absolute atomic E-state index is 11.6. The number of aromatic nitrogens is 2. The summed E-state index contributed by atoms with van der Waals surface area (Å²) in [6.45, 7) is 1.43. The second-order valence-corrected chi connectivity index (χ2v) is 5.37. The highest BCUT2D eigenvalue weighted by Crippen LogP contribution is 2.28. The van der Waals surface area contributed by atoms with Crippen LogP contribution in [-0.4, -0.2) is 29.1 Å². The quantitative estimate of drug-likeness (QED) is 0.866. The van der Waals surface area contributed by atoms with E-state index in [-0.39, 0.29) is 10.6 Å². The van der Waals surface area contributed by atoms with Crippen molar-refractivity contribution >= 4 is 17.4 Å². The molecular formula is C13H21ClN4O. The van der Waals surface area contributed by atoms with Crippen LogP contribution < -0.4 is 16.2 Å². The predicted octanol–water partition coefficient (Wildman–Crippen LogP) is 1.91. The van der Waals surface area contributed by atoms with Gasteiger partial charge in [-0.3, -0.25) is 4.79 Å². The van der Waals surface area contributed by atoms with Gasteiger partial charge in [0.15, 0.2) is 5.82 Å². The van der Waals surface area contributed by atoms with Gasteiger partial charge in [0, 0.05) is 12.6 Å². The molecule has 1 aliphatic rings. The summed E-state index contributed by atoms with van der Waals surface area (Å²) in [5, 5.41) is 0.185. The molecule has 3 N–H and O–H groups in total. The van der Waals surface area contributed by atoms with Crippen molar-refractivity contribution in [2.45, 2.75) is 44.6 Å². The van der Waals surface area contributed by atoms with Crippen LogP contribution in [0.3, 0.4) is 0 Å². The summed E-state index contributed by atoms with van der Waals surface area (Å²) in [5.74, 6) is 0.603. The zero-order valence-electron chi connectivity index (χ0n) is 11.1. The fraction of sp³-hybridized carbons (Fsp3) is 0.692. The van der Waals surface area contributed by atoms with E-state index in [1.54, 1.807) is 0 Å². The maximum atomic E-state index is 11.6. The van der Waals surface area contributed by atoms with Crippen molar-refractivity contribution < 1.29 is 0 Å². The van der Waals surface area contributed by atoms with Gasteiger partial charge in [0.05, 0.1) is 6.33 Å². The van der Waals surface area contributed by atoms with Crippen molar-refractivity contribution in [1.82, 2.24) is 9.97 Å². The van der Waals surface area contributed by atoms with Gasteiger partial charge in [0.25, 0.3) is 5.56 Å². The van der Waals surface area contributed by atoms with Gasteiger partial charge in [-0.1, -0.05) is 30.9 Å². The molecule has 1 aromatic rings. The lowest BCUT2D eigenvalue weighted by Gasteiger charge is -2.35. The number of aromatic amines is 1. The van der Waals surface area contributed by atoms with Gasteiger partial charge in [0.2, 0.25) is 0 Å². The van der Waals surface area contributed by atoms with Crippen LogP contribution in [0.4, 0.5) is 5.82 Å². The molecule has 0 spiro atoms. The molecule has 6 heteroatoms. The SMILES string of the molecule is NCCCN(c1nc[nH]c(=O)c1Cl)C1CCCCC1.